The summed E-state index contributed by atoms with van der Waals surface area (Å²) < 4.78 is 27.6. The monoisotopic (exact) mass is 279 g/mol. The van der Waals surface area contributed by atoms with E-state index >= 15 is 0 Å². The van der Waals surface area contributed by atoms with E-state index in [9.17, 15) is 8.42 Å². The summed E-state index contributed by atoms with van der Waals surface area (Å²) in [5, 5.41) is 0.0953. The molecule has 0 bridgehead atoms. The van der Waals surface area contributed by atoms with Crippen LogP contribution in [-0.2, 0) is 16.6 Å². The summed E-state index contributed by atoms with van der Waals surface area (Å²) in [4.78, 5) is 3.93. The standard InChI is InChI=1S/C10H18ClN3O2S/c1-3-6-14(7-5-11)17(15,16)10-8-13(4-2)9-12-10/h8-9H,3-7H2,1-2H3. The zero-order valence-corrected chi connectivity index (χ0v) is 11.7. The zero-order valence-electron chi connectivity index (χ0n) is 10.1. The molecule has 17 heavy (non-hydrogen) atoms. The van der Waals surface area contributed by atoms with Crippen molar-refractivity contribution in [1.29, 1.82) is 0 Å². The molecule has 0 N–H and O–H groups in total. The molecule has 0 aliphatic carbocycles. The normalized spacial score (nSPS) is 12.2. The predicted octanol–water partition coefficient (Wildman–Crippen LogP) is 1.54. The van der Waals surface area contributed by atoms with Crippen molar-refractivity contribution in [2.24, 2.45) is 0 Å². The molecule has 0 atom stereocenters. The van der Waals surface area contributed by atoms with Gasteiger partial charge in [-0.2, -0.15) is 4.31 Å². The van der Waals surface area contributed by atoms with E-state index in [1.54, 1.807) is 10.8 Å². The molecule has 0 aliphatic rings. The van der Waals surface area contributed by atoms with Gasteiger partial charge in [0.2, 0.25) is 0 Å². The third-order valence-corrected chi connectivity index (χ3v) is 4.34. The van der Waals surface area contributed by atoms with Crippen LogP contribution in [0.25, 0.3) is 0 Å². The van der Waals surface area contributed by atoms with Crippen LogP contribution in [0.4, 0.5) is 0 Å². The molecule has 0 unspecified atom stereocenters. The van der Waals surface area contributed by atoms with Crippen molar-refractivity contribution in [1.82, 2.24) is 13.9 Å². The molecule has 0 spiro atoms. The van der Waals surface area contributed by atoms with Crippen LogP contribution in [0.2, 0.25) is 0 Å². The van der Waals surface area contributed by atoms with Crippen LogP contribution in [-0.4, -0.2) is 41.2 Å². The zero-order chi connectivity index (χ0) is 12.9. The lowest BCUT2D eigenvalue weighted by Crippen LogP contribution is -2.33. The number of aryl methyl sites for hydroxylation is 1. The Hall–Kier alpha value is -0.590. The highest BCUT2D eigenvalue weighted by atomic mass is 35.5. The first-order chi connectivity index (χ1) is 8.06. The van der Waals surface area contributed by atoms with Crippen LogP contribution < -0.4 is 0 Å². The molecule has 1 aromatic heterocycles. The van der Waals surface area contributed by atoms with E-state index < -0.39 is 10.0 Å². The van der Waals surface area contributed by atoms with Crippen LogP contribution in [0.1, 0.15) is 20.3 Å². The van der Waals surface area contributed by atoms with Gasteiger partial charge >= 0.3 is 0 Å². The maximum absolute atomic E-state index is 12.2. The Bertz CT molecular complexity index is 438. The second-order valence-corrected chi connectivity index (χ2v) is 5.90. The average Bonchev–Trinajstić information content (AvgIpc) is 2.78. The highest BCUT2D eigenvalue weighted by Gasteiger charge is 2.25. The topological polar surface area (TPSA) is 55.2 Å². The van der Waals surface area contributed by atoms with Crippen LogP contribution in [0.3, 0.4) is 0 Å². The number of hydrogen-bond donors (Lipinski definition) is 0. The van der Waals surface area contributed by atoms with E-state index in [1.807, 2.05) is 13.8 Å². The van der Waals surface area contributed by atoms with Gasteiger partial charge in [-0.15, -0.1) is 11.6 Å². The number of sulfonamides is 1. The lowest BCUT2D eigenvalue weighted by molar-refractivity contribution is 0.426. The molecule has 0 aliphatic heterocycles. The molecule has 98 valence electrons. The maximum atomic E-state index is 12.2. The van der Waals surface area contributed by atoms with Gasteiger partial charge in [0.25, 0.3) is 10.0 Å². The summed E-state index contributed by atoms with van der Waals surface area (Å²) in [5.74, 6) is 0.285. The average molecular weight is 280 g/mol. The van der Waals surface area contributed by atoms with Gasteiger partial charge in [0.05, 0.1) is 6.33 Å². The Morgan fingerprint density at radius 2 is 2.12 bits per heavy atom. The number of aromatic nitrogens is 2. The SMILES string of the molecule is CCCN(CCCl)S(=O)(=O)c1cn(CC)cn1. The highest BCUT2D eigenvalue weighted by molar-refractivity contribution is 7.89. The van der Waals surface area contributed by atoms with E-state index in [2.05, 4.69) is 4.98 Å². The van der Waals surface area contributed by atoms with Gasteiger partial charge in [0.15, 0.2) is 5.03 Å². The van der Waals surface area contributed by atoms with Crippen LogP contribution in [0.15, 0.2) is 17.6 Å². The second kappa shape index (κ2) is 6.37. The number of halogens is 1. The summed E-state index contributed by atoms with van der Waals surface area (Å²) >= 11 is 5.63. The highest BCUT2D eigenvalue weighted by Crippen LogP contribution is 2.13. The molecule has 1 heterocycles. The van der Waals surface area contributed by atoms with E-state index in [0.717, 1.165) is 6.42 Å². The number of imidazole rings is 1. The number of rotatable bonds is 7. The minimum atomic E-state index is -3.50. The van der Waals surface area contributed by atoms with Gasteiger partial charge in [0.1, 0.15) is 0 Å². The molecule has 0 amide bonds. The minimum Gasteiger partial charge on any atom is -0.336 e. The molecule has 1 rings (SSSR count). The summed E-state index contributed by atoms with van der Waals surface area (Å²) in [6.45, 7) is 5.35. The third-order valence-electron chi connectivity index (χ3n) is 2.39. The number of hydrogen-bond acceptors (Lipinski definition) is 3. The Kier molecular flexibility index (Phi) is 5.42. The largest absolute Gasteiger partial charge is 0.336 e. The molecule has 0 aromatic carbocycles. The van der Waals surface area contributed by atoms with Crippen molar-refractivity contribution in [2.45, 2.75) is 31.8 Å². The fourth-order valence-electron chi connectivity index (χ4n) is 1.47. The summed E-state index contributed by atoms with van der Waals surface area (Å²) in [5.41, 5.74) is 0. The molecule has 0 saturated carbocycles. The summed E-state index contributed by atoms with van der Waals surface area (Å²) in [6.07, 6.45) is 3.83. The first-order valence-electron chi connectivity index (χ1n) is 5.64. The first-order valence-corrected chi connectivity index (χ1v) is 7.61. The second-order valence-electron chi connectivity index (χ2n) is 3.64. The van der Waals surface area contributed by atoms with Crippen molar-refractivity contribution in [3.05, 3.63) is 12.5 Å². The van der Waals surface area contributed by atoms with Crippen LogP contribution in [0, 0.1) is 0 Å². The van der Waals surface area contributed by atoms with Gasteiger partial charge in [-0.3, -0.25) is 0 Å². The van der Waals surface area contributed by atoms with Gasteiger partial charge < -0.3 is 4.57 Å². The van der Waals surface area contributed by atoms with Crippen molar-refractivity contribution in [3.63, 3.8) is 0 Å². The van der Waals surface area contributed by atoms with Crippen molar-refractivity contribution in [2.75, 3.05) is 19.0 Å². The predicted molar refractivity (Wildman–Crippen MR) is 67.7 cm³/mol. The lowest BCUT2D eigenvalue weighted by Gasteiger charge is -2.18. The van der Waals surface area contributed by atoms with Crippen molar-refractivity contribution < 1.29 is 8.42 Å². The van der Waals surface area contributed by atoms with Crippen molar-refractivity contribution in [3.8, 4) is 0 Å². The molecular formula is C10H18ClN3O2S. The van der Waals surface area contributed by atoms with Gasteiger partial charge in [-0.25, -0.2) is 13.4 Å². The Balaban J connectivity index is 2.98. The fraction of sp³-hybridized carbons (Fsp3) is 0.700. The maximum Gasteiger partial charge on any atom is 0.262 e. The van der Waals surface area contributed by atoms with Crippen molar-refractivity contribution >= 4 is 21.6 Å². The molecule has 7 heteroatoms. The first kappa shape index (κ1) is 14.5. The smallest absolute Gasteiger partial charge is 0.262 e. The quantitative estimate of drug-likeness (QED) is 0.712. The number of nitrogens with zero attached hydrogens (tertiary/aromatic N) is 3. The molecule has 0 fully saturated rings. The Labute approximate surface area is 107 Å². The number of alkyl halides is 1. The molecule has 0 saturated heterocycles. The van der Waals surface area contributed by atoms with E-state index in [-0.39, 0.29) is 10.9 Å². The Morgan fingerprint density at radius 3 is 2.59 bits per heavy atom. The summed E-state index contributed by atoms with van der Waals surface area (Å²) in [7, 11) is -3.50. The van der Waals surface area contributed by atoms with E-state index in [4.69, 9.17) is 11.6 Å². The van der Waals surface area contributed by atoms with E-state index in [1.165, 1.54) is 10.6 Å². The molecular weight excluding hydrogens is 262 g/mol. The van der Waals surface area contributed by atoms with Gasteiger partial charge in [0, 0.05) is 31.7 Å². The lowest BCUT2D eigenvalue weighted by atomic mass is 10.5. The molecule has 0 radical (unpaired) electrons. The van der Waals surface area contributed by atoms with Gasteiger partial charge in [-0.05, 0) is 13.3 Å². The summed E-state index contributed by atoms with van der Waals surface area (Å²) in [6, 6.07) is 0. The van der Waals surface area contributed by atoms with Crippen LogP contribution in [0.5, 0.6) is 0 Å². The van der Waals surface area contributed by atoms with E-state index in [0.29, 0.717) is 19.6 Å². The third kappa shape index (κ3) is 3.43. The molecule has 1 aromatic rings. The fourth-order valence-corrected chi connectivity index (χ4v) is 3.25. The minimum absolute atomic E-state index is 0.0953. The van der Waals surface area contributed by atoms with Gasteiger partial charge in [-0.1, -0.05) is 6.92 Å². The Morgan fingerprint density at radius 1 is 1.41 bits per heavy atom. The molecule has 5 nitrogen and oxygen atoms in total. The van der Waals surface area contributed by atoms with Crippen LogP contribution >= 0.6 is 11.6 Å².